The summed E-state index contributed by atoms with van der Waals surface area (Å²) in [6.07, 6.45) is 3.35. The Morgan fingerprint density at radius 1 is 0.600 bits per heavy atom. The van der Waals surface area contributed by atoms with E-state index >= 15 is 0 Å². The predicted molar refractivity (Wildman–Crippen MR) is 112 cm³/mol. The van der Waals surface area contributed by atoms with Crippen LogP contribution >= 0.6 is 0 Å². The Morgan fingerprint density at radius 3 is 1.33 bits per heavy atom. The fourth-order valence-electron chi connectivity index (χ4n) is 2.83. The van der Waals surface area contributed by atoms with Crippen molar-refractivity contribution in [3.63, 3.8) is 0 Å². The molecule has 0 fully saturated rings. The molecule has 4 aromatic rings. The molecule has 4 rings (SSSR count). The summed E-state index contributed by atoms with van der Waals surface area (Å²) in [6.45, 7) is 7.39. The molecule has 0 bridgehead atoms. The van der Waals surface area contributed by atoms with Gasteiger partial charge in [-0.1, -0.05) is 12.1 Å². The van der Waals surface area contributed by atoms with Gasteiger partial charge in [-0.2, -0.15) is 10.2 Å². The van der Waals surface area contributed by atoms with Crippen molar-refractivity contribution in [3.05, 3.63) is 71.1 Å². The number of hydrogen-bond donors (Lipinski definition) is 0. The first kappa shape index (κ1) is 19.2. The van der Waals surface area contributed by atoms with Gasteiger partial charge in [-0.05, 0) is 52.0 Å². The fraction of sp³-hybridized carbons (Fsp3) is 0.200. The maximum absolute atomic E-state index is 4.65. The lowest BCUT2D eigenvalue weighted by Crippen LogP contribution is -2.00. The molecule has 0 spiro atoms. The highest BCUT2D eigenvalue weighted by atomic mass is 15.5. The van der Waals surface area contributed by atoms with E-state index in [1.165, 1.54) is 0 Å². The van der Waals surface area contributed by atoms with Gasteiger partial charge in [0.05, 0.1) is 35.2 Å². The van der Waals surface area contributed by atoms with Crippen LogP contribution in [0.5, 0.6) is 0 Å². The first-order valence-corrected chi connectivity index (χ1v) is 9.32. The highest BCUT2D eigenvalue weighted by Crippen LogP contribution is 2.14. The van der Waals surface area contributed by atoms with E-state index in [0.717, 1.165) is 11.4 Å². The molecule has 4 aromatic heterocycles. The molecule has 0 saturated carbocycles. The van der Waals surface area contributed by atoms with Crippen molar-refractivity contribution in [1.82, 2.24) is 39.7 Å². The zero-order valence-corrected chi connectivity index (χ0v) is 17.1. The van der Waals surface area contributed by atoms with Gasteiger partial charge in [0, 0.05) is 0 Å². The van der Waals surface area contributed by atoms with Crippen molar-refractivity contribution in [2.75, 3.05) is 0 Å². The van der Waals surface area contributed by atoms with Gasteiger partial charge in [-0.25, -0.2) is 19.3 Å². The average molecular weight is 400 g/mol. The summed E-state index contributed by atoms with van der Waals surface area (Å²) >= 11 is 0. The zero-order valence-electron chi connectivity index (χ0n) is 17.1. The summed E-state index contributed by atoms with van der Waals surface area (Å²) in [4.78, 5) is 9.29. The van der Waals surface area contributed by atoms with Crippen LogP contribution in [0.25, 0.3) is 11.4 Å². The summed E-state index contributed by atoms with van der Waals surface area (Å²) in [5, 5.41) is 24.8. The van der Waals surface area contributed by atoms with Crippen molar-refractivity contribution in [2.24, 2.45) is 10.2 Å². The average Bonchev–Trinajstić information content (AvgIpc) is 3.25. The number of hydrogen-bond acceptors (Lipinski definition) is 8. The molecule has 0 N–H and O–H groups in total. The second kappa shape index (κ2) is 8.11. The molecule has 0 aliphatic carbocycles. The Bertz CT molecular complexity index is 1110. The maximum atomic E-state index is 4.65. The molecule has 4 heterocycles. The third-order valence-electron chi connectivity index (χ3n) is 4.32. The highest BCUT2D eigenvalue weighted by molar-refractivity contribution is 5.79. The molecule has 0 atom stereocenters. The van der Waals surface area contributed by atoms with Crippen LogP contribution in [-0.4, -0.2) is 52.1 Å². The van der Waals surface area contributed by atoms with Crippen LogP contribution < -0.4 is 0 Å². The second-order valence-electron chi connectivity index (χ2n) is 6.60. The molecule has 10 heteroatoms. The Labute approximate surface area is 173 Å². The van der Waals surface area contributed by atoms with E-state index in [-0.39, 0.29) is 0 Å². The largest absolute Gasteiger partial charge is 0.245 e. The third kappa shape index (κ3) is 4.02. The lowest BCUT2D eigenvalue weighted by atomic mass is 10.2. The molecule has 0 radical (unpaired) electrons. The van der Waals surface area contributed by atoms with Gasteiger partial charge in [0.25, 0.3) is 0 Å². The van der Waals surface area contributed by atoms with E-state index in [1.807, 2.05) is 64.1 Å². The van der Waals surface area contributed by atoms with Crippen LogP contribution in [0, 0.1) is 27.7 Å². The summed E-state index contributed by atoms with van der Waals surface area (Å²) in [6, 6.07) is 11.4. The van der Waals surface area contributed by atoms with Gasteiger partial charge in [-0.15, -0.1) is 20.4 Å². The predicted octanol–water partition coefficient (Wildman–Crippen LogP) is 2.32. The van der Waals surface area contributed by atoms with Gasteiger partial charge in [0.1, 0.15) is 0 Å². The lowest BCUT2D eigenvalue weighted by molar-refractivity contribution is 0.798. The van der Waals surface area contributed by atoms with E-state index in [1.54, 1.807) is 21.8 Å². The van der Waals surface area contributed by atoms with Gasteiger partial charge in [0.2, 0.25) is 0 Å². The fourth-order valence-corrected chi connectivity index (χ4v) is 2.83. The summed E-state index contributed by atoms with van der Waals surface area (Å²) in [5.74, 6) is 2.86. The summed E-state index contributed by atoms with van der Waals surface area (Å²) < 4.78 is 3.33. The Kier molecular flexibility index (Phi) is 5.21. The van der Waals surface area contributed by atoms with Crippen molar-refractivity contribution in [3.8, 4) is 11.4 Å². The van der Waals surface area contributed by atoms with E-state index in [9.17, 15) is 0 Å². The maximum Gasteiger partial charge on any atom is 0.151 e. The zero-order chi connectivity index (χ0) is 21.1. The molecule has 0 aliphatic rings. The molecular weight excluding hydrogens is 380 g/mol. The SMILES string of the molecule is Cc1nnc(C)n1/N=C/c1cccc(-c2cccc(/C=N/n3c(C)nnc3C)n2)n1. The van der Waals surface area contributed by atoms with E-state index in [4.69, 9.17) is 0 Å². The second-order valence-corrected chi connectivity index (χ2v) is 6.60. The Morgan fingerprint density at radius 2 is 0.967 bits per heavy atom. The van der Waals surface area contributed by atoms with Crippen LogP contribution in [-0.2, 0) is 0 Å². The van der Waals surface area contributed by atoms with Crippen molar-refractivity contribution >= 4 is 12.4 Å². The quantitative estimate of drug-likeness (QED) is 0.475. The van der Waals surface area contributed by atoms with E-state index in [0.29, 0.717) is 34.7 Å². The Hall–Kier alpha value is -4.08. The third-order valence-corrected chi connectivity index (χ3v) is 4.32. The van der Waals surface area contributed by atoms with Crippen LogP contribution in [0.3, 0.4) is 0 Å². The molecule has 0 aliphatic heterocycles. The van der Waals surface area contributed by atoms with Crippen molar-refractivity contribution in [2.45, 2.75) is 27.7 Å². The Balaban J connectivity index is 1.59. The lowest BCUT2D eigenvalue weighted by Gasteiger charge is -2.03. The van der Waals surface area contributed by atoms with Gasteiger partial charge >= 0.3 is 0 Å². The number of aryl methyl sites for hydroxylation is 4. The minimum Gasteiger partial charge on any atom is -0.245 e. The van der Waals surface area contributed by atoms with Crippen LogP contribution in [0.4, 0.5) is 0 Å². The van der Waals surface area contributed by atoms with Gasteiger partial charge < -0.3 is 0 Å². The first-order valence-electron chi connectivity index (χ1n) is 9.32. The summed E-state index contributed by atoms with van der Waals surface area (Å²) in [5.41, 5.74) is 2.89. The van der Waals surface area contributed by atoms with E-state index < -0.39 is 0 Å². The number of rotatable bonds is 5. The number of aromatic nitrogens is 8. The highest BCUT2D eigenvalue weighted by Gasteiger charge is 2.05. The van der Waals surface area contributed by atoms with Crippen LogP contribution in [0.15, 0.2) is 46.6 Å². The number of nitrogens with zero attached hydrogens (tertiary/aromatic N) is 10. The van der Waals surface area contributed by atoms with Crippen LogP contribution in [0.1, 0.15) is 34.7 Å². The molecule has 0 saturated heterocycles. The molecule has 30 heavy (non-hydrogen) atoms. The molecule has 0 unspecified atom stereocenters. The van der Waals surface area contributed by atoms with Crippen LogP contribution in [0.2, 0.25) is 0 Å². The molecule has 10 nitrogen and oxygen atoms in total. The van der Waals surface area contributed by atoms with Gasteiger partial charge in [0.15, 0.2) is 23.3 Å². The van der Waals surface area contributed by atoms with Gasteiger partial charge in [-0.3, -0.25) is 0 Å². The normalized spacial score (nSPS) is 11.7. The first-order chi connectivity index (χ1) is 14.5. The minimum atomic E-state index is 0.705. The molecule has 0 amide bonds. The molecule has 150 valence electrons. The summed E-state index contributed by atoms with van der Waals surface area (Å²) in [7, 11) is 0. The smallest absolute Gasteiger partial charge is 0.151 e. The monoisotopic (exact) mass is 400 g/mol. The van der Waals surface area contributed by atoms with E-state index in [2.05, 4.69) is 40.6 Å². The molecule has 0 aromatic carbocycles. The standard InChI is InChI=1S/C20H20N10/c1-13-25-26-14(2)29(13)21-11-17-7-5-9-19(23-17)20-10-6-8-18(24-20)12-22-30-15(3)27-28-16(30)4/h5-12H,1-4H3/b21-11+,22-12+. The van der Waals surface area contributed by atoms with Crippen molar-refractivity contribution < 1.29 is 0 Å². The van der Waals surface area contributed by atoms with Crippen molar-refractivity contribution in [1.29, 1.82) is 0 Å². The number of pyridine rings is 2. The molecular formula is C20H20N10. The topological polar surface area (TPSA) is 112 Å². The minimum absolute atomic E-state index is 0.705.